The minimum absolute atomic E-state index is 0.115. The van der Waals surface area contributed by atoms with Gasteiger partial charge >= 0.3 is 0 Å². The summed E-state index contributed by atoms with van der Waals surface area (Å²) >= 11 is 3.89. The fraction of sp³-hybridized carbons (Fsp3) is 0.245. The Hall–Kier alpha value is -5.69. The third-order valence-electron chi connectivity index (χ3n) is 11.1. The summed E-state index contributed by atoms with van der Waals surface area (Å²) in [6.07, 6.45) is 5.64. The Kier molecular flexibility index (Phi) is 12.5. The molecule has 8 rings (SSSR count). The molecule has 0 radical (unpaired) electrons. The molecule has 1 aliphatic carbocycles. The molecule has 0 bridgehead atoms. The first-order chi connectivity index (χ1) is 29.5. The van der Waals surface area contributed by atoms with E-state index in [1.165, 1.54) is 24.4 Å². The molecular weight excluding hydrogens is 851 g/mol. The van der Waals surface area contributed by atoms with Gasteiger partial charge in [0.2, 0.25) is 0 Å². The third-order valence-corrected chi connectivity index (χ3v) is 13.5. The number of hydrogen-bond donors (Lipinski definition) is 0. The van der Waals surface area contributed by atoms with E-state index in [2.05, 4.69) is 46.6 Å². The van der Waals surface area contributed by atoms with Gasteiger partial charge in [-0.3, -0.25) is 14.8 Å². The van der Waals surface area contributed by atoms with Crippen LogP contribution in [0.5, 0.6) is 0 Å². The van der Waals surface area contributed by atoms with Crippen molar-refractivity contribution in [1.29, 1.82) is 0 Å². The van der Waals surface area contributed by atoms with E-state index in [1.807, 2.05) is 89.2 Å². The standard InChI is InChI=1S/C49H47BrF2N6O2Si/c1-32-28-41-46(56-48(32)55-44(33-14-7-5-8-15-33)34-16-9-6-10-17-34)43(50)47(58(41)31-60-26-27-61(2,3)4)49(59)57(40-22-11-18-35-19-13-25-53-45(35)40)30-37-24-23-36(29-54-37)42-38(51)20-12-21-39(42)52/h5-10,12-17,19-21,23-25,28-29,40H,11,18,22,26-27,30-31H2,1-4H3/t40-/m1/s1. The predicted octanol–water partition coefficient (Wildman–Crippen LogP) is 12.0. The normalized spacial score (nSPS) is 13.9. The quantitative estimate of drug-likeness (QED) is 0.0654. The second-order valence-corrected chi connectivity index (χ2v) is 23.1. The summed E-state index contributed by atoms with van der Waals surface area (Å²) in [4.78, 5) is 37.3. The van der Waals surface area contributed by atoms with E-state index < -0.39 is 19.7 Å². The van der Waals surface area contributed by atoms with Crippen LogP contribution in [0.25, 0.3) is 22.2 Å². The zero-order valence-corrected chi connectivity index (χ0v) is 37.3. The summed E-state index contributed by atoms with van der Waals surface area (Å²) in [5.41, 5.74) is 7.89. The number of pyridine rings is 3. The second kappa shape index (κ2) is 18.1. The number of halogens is 3. The number of hydrogen-bond acceptors (Lipinski definition) is 6. The number of carbonyl (C=O) groups excluding carboxylic acids is 1. The molecule has 12 heteroatoms. The lowest BCUT2D eigenvalue weighted by atomic mass is 9.90. The molecule has 310 valence electrons. The van der Waals surface area contributed by atoms with E-state index in [4.69, 9.17) is 19.7 Å². The van der Waals surface area contributed by atoms with Crippen molar-refractivity contribution in [2.45, 2.75) is 71.2 Å². The molecule has 0 saturated heterocycles. The fourth-order valence-corrected chi connectivity index (χ4v) is 9.29. The Morgan fingerprint density at radius 3 is 2.28 bits per heavy atom. The van der Waals surface area contributed by atoms with Crippen LogP contribution < -0.4 is 0 Å². The van der Waals surface area contributed by atoms with Crippen molar-refractivity contribution in [2.75, 3.05) is 6.61 Å². The predicted molar refractivity (Wildman–Crippen MR) is 244 cm³/mol. The average molecular weight is 898 g/mol. The van der Waals surface area contributed by atoms with E-state index in [-0.39, 0.29) is 30.8 Å². The first-order valence-electron chi connectivity index (χ1n) is 20.6. The van der Waals surface area contributed by atoms with Crippen LogP contribution in [0.4, 0.5) is 14.6 Å². The van der Waals surface area contributed by atoms with Crippen molar-refractivity contribution in [1.82, 2.24) is 24.4 Å². The molecule has 1 aliphatic rings. The van der Waals surface area contributed by atoms with Gasteiger partial charge < -0.3 is 14.2 Å². The molecule has 3 aromatic carbocycles. The van der Waals surface area contributed by atoms with Gasteiger partial charge in [-0.2, -0.15) is 0 Å². The van der Waals surface area contributed by atoms with Crippen LogP contribution in [0.3, 0.4) is 0 Å². The summed E-state index contributed by atoms with van der Waals surface area (Å²) in [5.74, 6) is -1.07. The van der Waals surface area contributed by atoms with Crippen molar-refractivity contribution in [3.63, 3.8) is 0 Å². The topological polar surface area (TPSA) is 85.5 Å². The summed E-state index contributed by atoms with van der Waals surface area (Å²) in [6, 6.07) is 33.8. The van der Waals surface area contributed by atoms with Crippen molar-refractivity contribution in [3.05, 3.63) is 177 Å². The number of aromatic nitrogens is 4. The first kappa shape index (κ1) is 42.0. The van der Waals surface area contributed by atoms with E-state index >= 15 is 4.79 Å². The van der Waals surface area contributed by atoms with Gasteiger partial charge in [0.25, 0.3) is 5.91 Å². The van der Waals surface area contributed by atoms with E-state index in [0.29, 0.717) is 45.8 Å². The molecule has 0 unspecified atom stereocenters. The van der Waals surface area contributed by atoms with Crippen molar-refractivity contribution in [2.24, 2.45) is 4.99 Å². The van der Waals surface area contributed by atoms with Gasteiger partial charge in [-0.1, -0.05) is 98.5 Å². The maximum Gasteiger partial charge on any atom is 0.272 e. The molecule has 0 aliphatic heterocycles. The average Bonchev–Trinajstić information content (AvgIpc) is 3.52. The van der Waals surface area contributed by atoms with Gasteiger partial charge in [-0.25, -0.2) is 18.8 Å². The monoisotopic (exact) mass is 896 g/mol. The number of fused-ring (bicyclic) bond motifs is 2. The van der Waals surface area contributed by atoms with Crippen LogP contribution in [0.1, 0.15) is 63.0 Å². The van der Waals surface area contributed by atoms with Crippen LogP contribution in [0.15, 0.2) is 131 Å². The molecule has 4 aromatic heterocycles. The molecule has 1 atom stereocenters. The summed E-state index contributed by atoms with van der Waals surface area (Å²) in [5, 5.41) is 0. The number of ether oxygens (including phenoxy) is 1. The number of rotatable bonds is 13. The van der Waals surface area contributed by atoms with Gasteiger partial charge in [0.05, 0.1) is 45.2 Å². The molecule has 1 amide bonds. The lowest BCUT2D eigenvalue weighted by Gasteiger charge is -2.35. The molecule has 61 heavy (non-hydrogen) atoms. The summed E-state index contributed by atoms with van der Waals surface area (Å²) in [7, 11) is -1.42. The SMILES string of the molecule is Cc1cc2c(nc1N=C(c1ccccc1)c1ccccc1)c(Br)c(C(=O)N(Cc1ccc(-c3c(F)cccc3F)cn1)[C@@H]1CCCc3cccnc31)n2COCC[Si](C)(C)C. The zero-order chi connectivity index (χ0) is 42.7. The molecule has 8 nitrogen and oxygen atoms in total. The highest BCUT2D eigenvalue weighted by atomic mass is 79.9. The van der Waals surface area contributed by atoms with Crippen molar-refractivity contribution in [3.8, 4) is 11.1 Å². The molecule has 0 N–H and O–H groups in total. The van der Waals surface area contributed by atoms with Crippen LogP contribution in [0, 0.1) is 18.6 Å². The Bertz CT molecular complexity index is 2660. The number of amides is 1. The molecule has 0 fully saturated rings. The minimum Gasteiger partial charge on any atom is -0.361 e. The second-order valence-electron chi connectivity index (χ2n) is 16.7. The Balaban J connectivity index is 1.25. The maximum atomic E-state index is 15.6. The lowest BCUT2D eigenvalue weighted by Crippen LogP contribution is -2.38. The van der Waals surface area contributed by atoms with Crippen LogP contribution >= 0.6 is 15.9 Å². The number of aryl methyl sites for hydroxylation is 2. The van der Waals surface area contributed by atoms with Crippen molar-refractivity contribution >= 4 is 52.5 Å². The number of carbonyl (C=O) groups is 1. The molecule has 0 spiro atoms. The smallest absolute Gasteiger partial charge is 0.272 e. The molecule has 7 aromatic rings. The lowest BCUT2D eigenvalue weighted by molar-refractivity contribution is 0.0574. The largest absolute Gasteiger partial charge is 0.361 e. The maximum absolute atomic E-state index is 15.6. The zero-order valence-electron chi connectivity index (χ0n) is 34.7. The molecular formula is C49H47BrF2N6O2Si. The van der Waals surface area contributed by atoms with Crippen LogP contribution in [-0.4, -0.2) is 50.7 Å². The Labute approximate surface area is 364 Å². The van der Waals surface area contributed by atoms with Crippen LogP contribution in [0.2, 0.25) is 25.7 Å². The first-order valence-corrected chi connectivity index (χ1v) is 25.1. The van der Waals surface area contributed by atoms with Gasteiger partial charge in [0.1, 0.15) is 29.6 Å². The molecule has 4 heterocycles. The van der Waals surface area contributed by atoms with Gasteiger partial charge in [0, 0.05) is 43.8 Å². The van der Waals surface area contributed by atoms with Gasteiger partial charge in [0.15, 0.2) is 5.82 Å². The summed E-state index contributed by atoms with van der Waals surface area (Å²) in [6.45, 7) is 9.70. The molecule has 0 saturated carbocycles. The Morgan fingerprint density at radius 2 is 1.62 bits per heavy atom. The highest BCUT2D eigenvalue weighted by Crippen LogP contribution is 2.39. The number of aliphatic imine (C=N–C) groups is 1. The van der Waals surface area contributed by atoms with Crippen LogP contribution in [-0.2, 0) is 24.4 Å². The van der Waals surface area contributed by atoms with E-state index in [9.17, 15) is 8.78 Å². The fourth-order valence-electron chi connectivity index (χ4n) is 7.85. The van der Waals surface area contributed by atoms with Crippen molar-refractivity contribution < 1.29 is 18.3 Å². The number of nitrogens with zero attached hydrogens (tertiary/aromatic N) is 6. The van der Waals surface area contributed by atoms with E-state index in [1.54, 1.807) is 18.3 Å². The van der Waals surface area contributed by atoms with Gasteiger partial charge in [-0.15, -0.1) is 0 Å². The van der Waals surface area contributed by atoms with Gasteiger partial charge in [-0.05, 0) is 89.6 Å². The number of benzene rings is 3. The Morgan fingerprint density at radius 1 is 0.918 bits per heavy atom. The third kappa shape index (κ3) is 9.17. The highest BCUT2D eigenvalue weighted by molar-refractivity contribution is 9.10. The minimum atomic E-state index is -1.42. The summed E-state index contributed by atoms with van der Waals surface area (Å²) < 4.78 is 38.4. The van der Waals surface area contributed by atoms with E-state index in [0.717, 1.165) is 58.1 Å². The highest BCUT2D eigenvalue weighted by Gasteiger charge is 2.35.